The Labute approximate surface area is 209 Å². The number of nitrogens with one attached hydrogen (secondary N) is 2. The van der Waals surface area contributed by atoms with Crippen molar-refractivity contribution in [2.45, 2.75) is 46.1 Å². The molecule has 0 aliphatic carbocycles. The molecular formula is C27H30N6O3. The van der Waals surface area contributed by atoms with Crippen molar-refractivity contribution in [2.24, 2.45) is 11.8 Å². The van der Waals surface area contributed by atoms with E-state index in [1.54, 1.807) is 13.8 Å². The highest BCUT2D eigenvalue weighted by Gasteiger charge is 2.27. The Hall–Kier alpha value is -4.14. The number of carbonyl (C=O) groups excluding carboxylic acids is 1. The molecule has 4 rings (SSSR count). The van der Waals surface area contributed by atoms with Crippen LogP contribution in [-0.4, -0.2) is 48.6 Å². The molecule has 2 atom stereocenters. The van der Waals surface area contributed by atoms with Crippen LogP contribution in [0.2, 0.25) is 0 Å². The third-order valence-corrected chi connectivity index (χ3v) is 6.26. The molecule has 2 unspecified atom stereocenters. The summed E-state index contributed by atoms with van der Waals surface area (Å²) < 4.78 is 0. The normalized spacial score (nSPS) is 13.0. The standard InChI is InChI=1S/C27H30N6O3/c1-4-5-21(26(34)29-24(16(2)3)27(35)36)15-17-6-12-23-20(14-17)11-13-22(28-23)18-7-9-19(10-8-18)25-30-32-33-31-25/h6-14,16,21,24H,4-5,15H2,1-3H3,(H,29,34)(H,35,36)(H,30,31,32,33). The van der Waals surface area contributed by atoms with E-state index in [2.05, 4.69) is 32.0 Å². The Morgan fingerprint density at radius 2 is 1.78 bits per heavy atom. The number of rotatable bonds is 10. The van der Waals surface area contributed by atoms with E-state index in [1.807, 2.05) is 55.5 Å². The van der Waals surface area contributed by atoms with Crippen molar-refractivity contribution < 1.29 is 14.7 Å². The fourth-order valence-corrected chi connectivity index (χ4v) is 4.28. The molecule has 2 heterocycles. The molecule has 2 aromatic heterocycles. The van der Waals surface area contributed by atoms with Gasteiger partial charge in [-0.1, -0.05) is 63.6 Å². The highest BCUT2D eigenvalue weighted by molar-refractivity contribution is 5.86. The smallest absolute Gasteiger partial charge is 0.326 e. The second-order valence-corrected chi connectivity index (χ2v) is 9.29. The summed E-state index contributed by atoms with van der Waals surface area (Å²) in [4.78, 5) is 29.3. The molecule has 0 saturated carbocycles. The summed E-state index contributed by atoms with van der Waals surface area (Å²) in [6.45, 7) is 5.61. The van der Waals surface area contributed by atoms with Gasteiger partial charge in [0.1, 0.15) is 6.04 Å². The molecule has 3 N–H and O–H groups in total. The lowest BCUT2D eigenvalue weighted by atomic mass is 9.92. The number of amides is 1. The van der Waals surface area contributed by atoms with E-state index in [1.165, 1.54) is 0 Å². The SMILES string of the molecule is CCCC(Cc1ccc2nc(-c3ccc(-c4nn[nH]n4)cc3)ccc2c1)C(=O)NC(C(=O)O)C(C)C. The molecule has 0 radical (unpaired) electrons. The van der Waals surface area contributed by atoms with Gasteiger partial charge in [-0.2, -0.15) is 5.21 Å². The molecule has 0 spiro atoms. The van der Waals surface area contributed by atoms with Gasteiger partial charge in [-0.15, -0.1) is 10.2 Å². The highest BCUT2D eigenvalue weighted by atomic mass is 16.4. The zero-order valence-corrected chi connectivity index (χ0v) is 20.6. The average molecular weight is 487 g/mol. The largest absolute Gasteiger partial charge is 0.480 e. The van der Waals surface area contributed by atoms with Gasteiger partial charge in [0.25, 0.3) is 0 Å². The van der Waals surface area contributed by atoms with Crippen LogP contribution < -0.4 is 5.32 Å². The number of benzene rings is 2. The van der Waals surface area contributed by atoms with Crippen LogP contribution in [0.3, 0.4) is 0 Å². The number of fused-ring (bicyclic) bond motifs is 1. The van der Waals surface area contributed by atoms with Crippen LogP contribution >= 0.6 is 0 Å². The fraction of sp³-hybridized carbons (Fsp3) is 0.333. The summed E-state index contributed by atoms with van der Waals surface area (Å²) in [5.41, 5.74) is 4.58. The van der Waals surface area contributed by atoms with E-state index in [0.717, 1.165) is 39.7 Å². The quantitative estimate of drug-likeness (QED) is 0.305. The second kappa shape index (κ2) is 11.1. The van der Waals surface area contributed by atoms with Gasteiger partial charge in [0.2, 0.25) is 11.7 Å². The summed E-state index contributed by atoms with van der Waals surface area (Å²) >= 11 is 0. The van der Waals surface area contributed by atoms with Crippen LogP contribution in [-0.2, 0) is 16.0 Å². The number of carboxylic acid groups (broad SMARTS) is 1. The topological polar surface area (TPSA) is 134 Å². The molecule has 9 nitrogen and oxygen atoms in total. The molecule has 0 aliphatic rings. The lowest BCUT2D eigenvalue weighted by Crippen LogP contribution is -2.47. The van der Waals surface area contributed by atoms with Crippen molar-refractivity contribution in [1.82, 2.24) is 30.9 Å². The summed E-state index contributed by atoms with van der Waals surface area (Å²) in [7, 11) is 0. The molecule has 2 aromatic carbocycles. The predicted molar refractivity (Wildman–Crippen MR) is 137 cm³/mol. The van der Waals surface area contributed by atoms with Crippen LogP contribution in [0, 0.1) is 11.8 Å². The fourth-order valence-electron chi connectivity index (χ4n) is 4.28. The van der Waals surface area contributed by atoms with Crippen LogP contribution in [0.1, 0.15) is 39.2 Å². The average Bonchev–Trinajstić information content (AvgIpc) is 3.41. The molecule has 1 amide bonds. The Balaban J connectivity index is 1.51. The molecule has 0 fully saturated rings. The van der Waals surface area contributed by atoms with Crippen molar-refractivity contribution >= 4 is 22.8 Å². The lowest BCUT2D eigenvalue weighted by molar-refractivity contribution is -0.143. The minimum Gasteiger partial charge on any atom is -0.480 e. The molecule has 0 bridgehead atoms. The zero-order valence-electron chi connectivity index (χ0n) is 20.6. The molecule has 0 aliphatic heterocycles. The molecule has 0 saturated heterocycles. The number of hydrogen-bond acceptors (Lipinski definition) is 6. The second-order valence-electron chi connectivity index (χ2n) is 9.29. The van der Waals surface area contributed by atoms with Gasteiger partial charge in [-0.05, 0) is 47.7 Å². The number of aromatic nitrogens is 5. The molecule has 9 heteroatoms. The maximum atomic E-state index is 12.9. The van der Waals surface area contributed by atoms with Gasteiger partial charge in [-0.3, -0.25) is 4.79 Å². The number of H-pyrrole nitrogens is 1. The van der Waals surface area contributed by atoms with Crippen molar-refractivity contribution in [2.75, 3.05) is 0 Å². The molecule has 186 valence electrons. The minimum absolute atomic E-state index is 0.190. The molecular weight excluding hydrogens is 456 g/mol. The maximum absolute atomic E-state index is 12.9. The highest BCUT2D eigenvalue weighted by Crippen LogP contribution is 2.25. The molecule has 36 heavy (non-hydrogen) atoms. The van der Waals surface area contributed by atoms with Crippen molar-refractivity contribution in [3.8, 4) is 22.6 Å². The van der Waals surface area contributed by atoms with Crippen LogP contribution in [0.5, 0.6) is 0 Å². The van der Waals surface area contributed by atoms with Crippen LogP contribution in [0.15, 0.2) is 54.6 Å². The number of aliphatic carboxylic acids is 1. The van der Waals surface area contributed by atoms with Gasteiger partial charge in [-0.25, -0.2) is 9.78 Å². The maximum Gasteiger partial charge on any atom is 0.326 e. The third kappa shape index (κ3) is 5.73. The monoisotopic (exact) mass is 486 g/mol. The Bertz CT molecular complexity index is 1340. The minimum atomic E-state index is -1.01. The number of aromatic amines is 1. The van der Waals surface area contributed by atoms with Gasteiger partial charge in [0.15, 0.2) is 0 Å². The van der Waals surface area contributed by atoms with E-state index in [4.69, 9.17) is 4.98 Å². The van der Waals surface area contributed by atoms with E-state index in [-0.39, 0.29) is 17.7 Å². The molecule has 4 aromatic rings. The first kappa shape index (κ1) is 25.0. The van der Waals surface area contributed by atoms with Gasteiger partial charge < -0.3 is 10.4 Å². The summed E-state index contributed by atoms with van der Waals surface area (Å²) in [5.74, 6) is -1.16. The van der Waals surface area contributed by atoms with Gasteiger partial charge >= 0.3 is 5.97 Å². The van der Waals surface area contributed by atoms with Crippen molar-refractivity contribution in [1.29, 1.82) is 0 Å². The van der Waals surface area contributed by atoms with E-state index in [0.29, 0.717) is 18.7 Å². The number of nitrogens with zero attached hydrogens (tertiary/aromatic N) is 4. The van der Waals surface area contributed by atoms with Crippen molar-refractivity contribution in [3.63, 3.8) is 0 Å². The summed E-state index contributed by atoms with van der Waals surface area (Å²) in [5, 5.41) is 27.2. The Morgan fingerprint density at radius 3 is 2.42 bits per heavy atom. The number of tetrazole rings is 1. The predicted octanol–water partition coefficient (Wildman–Crippen LogP) is 4.27. The Morgan fingerprint density at radius 1 is 1.03 bits per heavy atom. The van der Waals surface area contributed by atoms with Crippen molar-refractivity contribution in [3.05, 3.63) is 60.2 Å². The number of carboxylic acids is 1. The van der Waals surface area contributed by atoms with E-state index >= 15 is 0 Å². The third-order valence-electron chi connectivity index (χ3n) is 6.26. The van der Waals surface area contributed by atoms with E-state index in [9.17, 15) is 14.7 Å². The first-order valence-corrected chi connectivity index (χ1v) is 12.1. The zero-order chi connectivity index (χ0) is 25.7. The summed E-state index contributed by atoms with van der Waals surface area (Å²) in [6, 6.07) is 16.9. The van der Waals surface area contributed by atoms with Crippen LogP contribution in [0.4, 0.5) is 0 Å². The first-order valence-electron chi connectivity index (χ1n) is 12.1. The number of hydrogen-bond donors (Lipinski definition) is 3. The first-order chi connectivity index (χ1) is 17.4. The van der Waals surface area contributed by atoms with Gasteiger partial charge in [0.05, 0.1) is 11.2 Å². The number of pyridine rings is 1. The van der Waals surface area contributed by atoms with Gasteiger partial charge in [0, 0.05) is 22.4 Å². The lowest BCUT2D eigenvalue weighted by Gasteiger charge is -2.22. The van der Waals surface area contributed by atoms with E-state index < -0.39 is 12.0 Å². The number of carbonyl (C=O) groups is 2. The van der Waals surface area contributed by atoms with Crippen LogP contribution in [0.25, 0.3) is 33.5 Å². The Kier molecular flexibility index (Phi) is 7.68. The summed E-state index contributed by atoms with van der Waals surface area (Å²) in [6.07, 6.45) is 2.06.